The molecule has 0 amide bonds. The van der Waals surface area contributed by atoms with Crippen molar-refractivity contribution in [2.24, 2.45) is 5.73 Å². The van der Waals surface area contributed by atoms with Crippen molar-refractivity contribution in [1.29, 1.82) is 0 Å². The van der Waals surface area contributed by atoms with Crippen molar-refractivity contribution in [1.82, 2.24) is 24.7 Å². The number of hydrogen-bond acceptors (Lipinski definition) is 5. The first-order valence-corrected chi connectivity index (χ1v) is 12.2. The van der Waals surface area contributed by atoms with Gasteiger partial charge in [-0.15, -0.1) is 0 Å². The van der Waals surface area contributed by atoms with Gasteiger partial charge in [-0.3, -0.25) is 4.98 Å². The van der Waals surface area contributed by atoms with Crippen molar-refractivity contribution in [2.45, 2.75) is 24.3 Å². The van der Waals surface area contributed by atoms with E-state index in [1.165, 1.54) is 0 Å². The molecule has 1 saturated carbocycles. The number of nitrogens with two attached hydrogens (primary N) is 1. The lowest BCUT2D eigenvalue weighted by molar-refractivity contribution is -0.499. The van der Waals surface area contributed by atoms with Gasteiger partial charge in [-0.1, -0.05) is 47.1 Å². The maximum Gasteiger partial charge on any atom is 0.351 e. The Morgan fingerprint density at radius 1 is 0.842 bits per heavy atom. The van der Waals surface area contributed by atoms with Gasteiger partial charge in [0.25, 0.3) is 11.6 Å². The zero-order valence-corrected chi connectivity index (χ0v) is 20.2. The summed E-state index contributed by atoms with van der Waals surface area (Å²) < 4.78 is 30.9. The molecule has 2 aromatic carbocycles. The lowest BCUT2D eigenvalue weighted by atomic mass is 9.70. The molecule has 2 N–H and O–H groups in total. The normalized spacial score (nSPS) is 16.0. The SMILES string of the molecule is NC1(c2ccc(-n3nc(-c4ncccn4)[n+]4ccc5ncc(-c6ccccc6)cc5c34)cc2)CC(F)(F)C1. The fourth-order valence-corrected chi connectivity index (χ4v) is 5.26. The third-order valence-electron chi connectivity index (χ3n) is 7.10. The largest absolute Gasteiger partial charge is 0.351 e. The summed E-state index contributed by atoms with van der Waals surface area (Å²) in [6.45, 7) is 0. The van der Waals surface area contributed by atoms with E-state index in [0.717, 1.165) is 33.4 Å². The van der Waals surface area contributed by atoms with Gasteiger partial charge in [0, 0.05) is 37.0 Å². The van der Waals surface area contributed by atoms with Gasteiger partial charge in [-0.05, 0) is 41.5 Å². The number of halogens is 2. The van der Waals surface area contributed by atoms with E-state index in [0.29, 0.717) is 17.2 Å². The summed E-state index contributed by atoms with van der Waals surface area (Å²) in [5.74, 6) is -1.68. The van der Waals surface area contributed by atoms with E-state index in [1.807, 2.05) is 70.0 Å². The Labute approximate surface area is 216 Å². The highest BCUT2D eigenvalue weighted by Crippen LogP contribution is 2.49. The molecule has 4 aromatic heterocycles. The topological polar surface area (TPSA) is 86.6 Å². The molecule has 7 nitrogen and oxygen atoms in total. The number of alkyl halides is 2. The maximum atomic E-state index is 13.6. The molecule has 0 bridgehead atoms. The standard InChI is InChI=1S/C29H22F2N7/c30-29(31)17-28(32,18-29)21-7-9-22(10-8-21)38-27-23-15-20(19-5-2-1-3-6-19)16-35-24(23)11-14-37(27)26(36-38)25-33-12-4-13-34-25/h1-16H,17-18,32H2/q+1. The van der Waals surface area contributed by atoms with Crippen LogP contribution in [0, 0.1) is 0 Å². The van der Waals surface area contributed by atoms with Gasteiger partial charge in [-0.25, -0.2) is 18.7 Å². The molecule has 0 unspecified atom stereocenters. The second-order valence-electron chi connectivity index (χ2n) is 9.75. The number of benzene rings is 2. The van der Waals surface area contributed by atoms with Crippen LogP contribution < -0.4 is 10.1 Å². The maximum absolute atomic E-state index is 13.6. The van der Waals surface area contributed by atoms with Crippen LogP contribution in [-0.2, 0) is 5.54 Å². The Morgan fingerprint density at radius 2 is 1.58 bits per heavy atom. The van der Waals surface area contributed by atoms with Crippen molar-refractivity contribution < 1.29 is 13.2 Å². The summed E-state index contributed by atoms with van der Waals surface area (Å²) in [4.78, 5) is 13.6. The number of hydrogen-bond donors (Lipinski definition) is 1. The van der Waals surface area contributed by atoms with E-state index in [4.69, 9.17) is 15.8 Å². The van der Waals surface area contributed by atoms with Gasteiger partial charge >= 0.3 is 5.82 Å². The molecule has 0 spiro atoms. The van der Waals surface area contributed by atoms with Crippen molar-refractivity contribution >= 4 is 16.6 Å². The predicted octanol–water partition coefficient (Wildman–Crippen LogP) is 4.87. The van der Waals surface area contributed by atoms with E-state index in [2.05, 4.69) is 16.0 Å². The molecule has 38 heavy (non-hydrogen) atoms. The van der Waals surface area contributed by atoms with Crippen LogP contribution >= 0.6 is 0 Å². The Bertz CT molecular complexity index is 1790. The summed E-state index contributed by atoms with van der Waals surface area (Å²) in [5.41, 5.74) is 10.3. The first kappa shape index (κ1) is 22.6. The third-order valence-corrected chi connectivity index (χ3v) is 7.10. The van der Waals surface area contributed by atoms with Crippen LogP contribution in [0.1, 0.15) is 18.4 Å². The molecule has 0 atom stereocenters. The number of nitrogens with zero attached hydrogens (tertiary/aromatic N) is 6. The molecule has 0 saturated heterocycles. The number of rotatable bonds is 4. The summed E-state index contributed by atoms with van der Waals surface area (Å²) in [6.07, 6.45) is 6.41. The minimum atomic E-state index is -2.71. The van der Waals surface area contributed by atoms with Gasteiger partial charge in [0.1, 0.15) is 5.69 Å². The fraction of sp³-hybridized carbons (Fsp3) is 0.138. The second kappa shape index (κ2) is 8.19. The first-order chi connectivity index (χ1) is 18.4. The van der Waals surface area contributed by atoms with Crippen LogP contribution in [0.15, 0.2) is 97.6 Å². The van der Waals surface area contributed by atoms with Gasteiger partial charge in [-0.2, -0.15) is 4.40 Å². The quantitative estimate of drug-likeness (QED) is 0.345. The Morgan fingerprint density at radius 3 is 2.29 bits per heavy atom. The summed E-state index contributed by atoms with van der Waals surface area (Å²) in [7, 11) is 0. The molecule has 186 valence electrons. The number of aromatic nitrogens is 6. The van der Waals surface area contributed by atoms with E-state index in [9.17, 15) is 8.78 Å². The van der Waals surface area contributed by atoms with Crippen LogP contribution in [0.2, 0.25) is 0 Å². The van der Waals surface area contributed by atoms with E-state index in [1.54, 1.807) is 30.6 Å². The average molecular weight is 507 g/mol. The smallest absolute Gasteiger partial charge is 0.321 e. The zero-order chi connectivity index (χ0) is 25.9. The van der Waals surface area contributed by atoms with Crippen molar-refractivity contribution in [3.05, 3.63) is 103 Å². The van der Waals surface area contributed by atoms with Gasteiger partial charge in [0.05, 0.1) is 27.7 Å². The van der Waals surface area contributed by atoms with Crippen LogP contribution in [0.25, 0.3) is 45.0 Å². The van der Waals surface area contributed by atoms with Crippen LogP contribution in [-0.4, -0.2) is 30.7 Å². The van der Waals surface area contributed by atoms with E-state index in [-0.39, 0.29) is 12.8 Å². The van der Waals surface area contributed by atoms with E-state index < -0.39 is 11.5 Å². The molecule has 6 aromatic rings. The molecular formula is C29H22F2N7+. The lowest BCUT2D eigenvalue weighted by Crippen LogP contribution is -2.55. The van der Waals surface area contributed by atoms with Crippen LogP contribution in [0.3, 0.4) is 0 Å². The average Bonchev–Trinajstić information content (AvgIpc) is 3.33. The molecule has 0 aliphatic heterocycles. The van der Waals surface area contributed by atoms with Crippen LogP contribution in [0.5, 0.6) is 0 Å². The molecule has 9 heteroatoms. The lowest BCUT2D eigenvalue weighted by Gasteiger charge is -2.44. The third kappa shape index (κ3) is 3.62. The van der Waals surface area contributed by atoms with Crippen molar-refractivity contribution in [3.8, 4) is 28.5 Å². The van der Waals surface area contributed by atoms with Gasteiger partial charge < -0.3 is 5.73 Å². The molecular weight excluding hydrogens is 484 g/mol. The highest BCUT2D eigenvalue weighted by molar-refractivity contribution is 5.93. The van der Waals surface area contributed by atoms with Gasteiger partial charge in [0.2, 0.25) is 5.82 Å². The summed E-state index contributed by atoms with van der Waals surface area (Å²) in [5, 5.41) is 5.80. The molecule has 1 aliphatic rings. The molecule has 7 rings (SSSR count). The van der Waals surface area contributed by atoms with Crippen molar-refractivity contribution in [2.75, 3.05) is 0 Å². The van der Waals surface area contributed by atoms with Gasteiger partial charge in [0.15, 0.2) is 0 Å². The molecule has 4 heterocycles. The van der Waals surface area contributed by atoms with Crippen LogP contribution in [0.4, 0.5) is 8.78 Å². The first-order valence-electron chi connectivity index (χ1n) is 12.2. The minimum Gasteiger partial charge on any atom is -0.321 e. The Hall–Kier alpha value is -4.63. The minimum absolute atomic E-state index is 0.353. The molecule has 1 fully saturated rings. The molecule has 0 radical (unpaired) electrons. The Balaban J connectivity index is 1.44. The highest BCUT2D eigenvalue weighted by Gasteiger charge is 2.55. The second-order valence-corrected chi connectivity index (χ2v) is 9.75. The predicted molar refractivity (Wildman–Crippen MR) is 139 cm³/mol. The number of fused-ring (bicyclic) bond motifs is 3. The van der Waals surface area contributed by atoms with E-state index >= 15 is 0 Å². The zero-order valence-electron chi connectivity index (χ0n) is 20.2. The Kier molecular flexibility index (Phi) is 4.86. The number of pyridine rings is 2. The summed E-state index contributed by atoms with van der Waals surface area (Å²) in [6, 6.07) is 23.2. The van der Waals surface area contributed by atoms with Crippen molar-refractivity contribution in [3.63, 3.8) is 0 Å². The highest BCUT2D eigenvalue weighted by atomic mass is 19.3. The molecule has 1 aliphatic carbocycles. The fourth-order valence-electron chi connectivity index (χ4n) is 5.26. The monoisotopic (exact) mass is 506 g/mol. The summed E-state index contributed by atoms with van der Waals surface area (Å²) >= 11 is 0.